The van der Waals surface area contributed by atoms with Crippen molar-refractivity contribution in [3.63, 3.8) is 0 Å². The van der Waals surface area contributed by atoms with E-state index >= 15 is 0 Å². The smallest absolute Gasteiger partial charge is 0.460 e. The van der Waals surface area contributed by atoms with Gasteiger partial charge >= 0.3 is 41.8 Å². The van der Waals surface area contributed by atoms with Gasteiger partial charge in [0.25, 0.3) is 0 Å². The summed E-state index contributed by atoms with van der Waals surface area (Å²) in [6.45, 7) is -1.85. The zero-order chi connectivity index (χ0) is 24.2. The average molecular weight is 472 g/mol. The van der Waals surface area contributed by atoms with Crippen molar-refractivity contribution in [3.8, 4) is 0 Å². The molecule has 0 bridgehead atoms. The fourth-order valence-electron chi connectivity index (χ4n) is 1.53. The fraction of sp³-hybridized carbons (Fsp3) is 0.571. The Bertz CT molecular complexity index is 677. The molecular weight excluding hydrogens is 463 g/mol. The van der Waals surface area contributed by atoms with Gasteiger partial charge in [-0.25, -0.2) is 4.79 Å². The van der Waals surface area contributed by atoms with Crippen LogP contribution in [0.2, 0.25) is 0 Å². The quantitative estimate of drug-likeness (QED) is 0.148. The van der Waals surface area contributed by atoms with Gasteiger partial charge in [0.2, 0.25) is 0 Å². The molecular formula is C14H9F13O3. The van der Waals surface area contributed by atoms with E-state index in [1.165, 1.54) is 0 Å². The van der Waals surface area contributed by atoms with Crippen molar-refractivity contribution in [2.45, 2.75) is 42.2 Å². The fourth-order valence-corrected chi connectivity index (χ4v) is 1.53. The second kappa shape index (κ2) is 8.83. The predicted octanol–water partition coefficient (Wildman–Crippen LogP) is 4.97. The minimum absolute atomic E-state index is 0.233. The molecule has 0 unspecified atom stereocenters. The number of carbonyl (C=O) groups excluding carboxylic acids is 2. The summed E-state index contributed by atoms with van der Waals surface area (Å²) >= 11 is 0. The van der Waals surface area contributed by atoms with Crippen molar-refractivity contribution in [3.05, 3.63) is 24.3 Å². The molecule has 0 aliphatic rings. The van der Waals surface area contributed by atoms with E-state index in [2.05, 4.69) is 4.74 Å². The maximum Gasteiger partial charge on any atom is 0.460 e. The lowest BCUT2D eigenvalue weighted by Crippen LogP contribution is -2.70. The lowest BCUT2D eigenvalue weighted by Gasteiger charge is -2.39. The van der Waals surface area contributed by atoms with Crippen molar-refractivity contribution >= 4 is 12.3 Å². The van der Waals surface area contributed by atoms with Crippen LogP contribution in [0.3, 0.4) is 0 Å². The summed E-state index contributed by atoms with van der Waals surface area (Å²) in [5, 5.41) is 0. The van der Waals surface area contributed by atoms with Gasteiger partial charge in [0.05, 0.1) is 13.0 Å². The van der Waals surface area contributed by atoms with Crippen LogP contribution in [-0.2, 0) is 14.3 Å². The van der Waals surface area contributed by atoms with Crippen LogP contribution < -0.4 is 0 Å². The van der Waals surface area contributed by atoms with Gasteiger partial charge in [0.15, 0.2) is 0 Å². The maximum absolute atomic E-state index is 13.4. The Balaban J connectivity index is 5.56. The first-order chi connectivity index (χ1) is 13.2. The number of halogens is 13. The Morgan fingerprint density at radius 2 is 1.13 bits per heavy atom. The molecule has 0 aliphatic heterocycles. The molecule has 0 radical (unpaired) electrons. The molecule has 174 valence electrons. The van der Waals surface area contributed by atoms with Crippen LogP contribution in [0.1, 0.15) is 6.42 Å². The highest BCUT2D eigenvalue weighted by atomic mass is 19.4. The number of ether oxygens (including phenoxy) is 1. The molecule has 0 atom stereocenters. The molecule has 0 saturated heterocycles. The molecule has 0 aliphatic carbocycles. The lowest BCUT2D eigenvalue weighted by atomic mass is 9.93. The van der Waals surface area contributed by atoms with E-state index in [4.69, 9.17) is 0 Å². The summed E-state index contributed by atoms with van der Waals surface area (Å²) in [7, 11) is 0. The van der Waals surface area contributed by atoms with Crippen LogP contribution in [0.25, 0.3) is 0 Å². The first-order valence-electron chi connectivity index (χ1n) is 7.11. The molecule has 0 fully saturated rings. The molecule has 0 saturated carbocycles. The van der Waals surface area contributed by atoms with Gasteiger partial charge in [-0.05, 0) is 6.08 Å². The molecule has 0 N–H and O–H groups in total. The third-order valence-electron chi connectivity index (χ3n) is 3.19. The van der Waals surface area contributed by atoms with E-state index in [-0.39, 0.29) is 6.29 Å². The third-order valence-corrected chi connectivity index (χ3v) is 3.19. The van der Waals surface area contributed by atoms with E-state index in [1.807, 2.05) is 0 Å². The van der Waals surface area contributed by atoms with Crippen LogP contribution in [0.4, 0.5) is 57.1 Å². The van der Waals surface area contributed by atoms with Gasteiger partial charge in [-0.3, -0.25) is 4.79 Å². The molecule has 0 rings (SSSR count). The highest BCUT2D eigenvalue weighted by Gasteiger charge is 2.90. The Hall–Kier alpha value is -2.29. The zero-order valence-electron chi connectivity index (χ0n) is 13.9. The summed E-state index contributed by atoms with van der Waals surface area (Å²) in [6, 6.07) is 0. The largest absolute Gasteiger partial charge is 0.462 e. The number of aldehydes is 1. The Kier molecular flexibility index (Phi) is 8.16. The Morgan fingerprint density at radius 3 is 1.57 bits per heavy atom. The molecule has 30 heavy (non-hydrogen) atoms. The van der Waals surface area contributed by atoms with E-state index in [0.29, 0.717) is 6.08 Å². The molecule has 0 heterocycles. The number of carbonyl (C=O) groups is 2. The van der Waals surface area contributed by atoms with Crippen LogP contribution in [-0.4, -0.2) is 54.7 Å². The Labute approximate surface area is 158 Å². The lowest BCUT2D eigenvalue weighted by molar-refractivity contribution is -0.440. The number of rotatable bonds is 10. The summed E-state index contributed by atoms with van der Waals surface area (Å²) in [5.74, 6) is -39.0. The van der Waals surface area contributed by atoms with Gasteiger partial charge in [-0.15, -0.1) is 0 Å². The minimum atomic E-state index is -7.98. The van der Waals surface area contributed by atoms with Crippen molar-refractivity contribution in [1.29, 1.82) is 0 Å². The van der Waals surface area contributed by atoms with Gasteiger partial charge in [0, 0.05) is 6.08 Å². The molecule has 0 amide bonds. The predicted molar refractivity (Wildman–Crippen MR) is 70.7 cm³/mol. The van der Waals surface area contributed by atoms with E-state index in [1.54, 1.807) is 0 Å². The van der Waals surface area contributed by atoms with E-state index < -0.39 is 54.8 Å². The first-order valence-corrected chi connectivity index (χ1v) is 7.11. The topological polar surface area (TPSA) is 43.4 Å². The number of allylic oxidation sites excluding steroid dienone is 3. The zero-order valence-corrected chi connectivity index (χ0v) is 13.9. The summed E-state index contributed by atoms with van der Waals surface area (Å²) < 4.78 is 171. The van der Waals surface area contributed by atoms with Crippen LogP contribution in [0, 0.1) is 0 Å². The number of hydrogen-bond acceptors (Lipinski definition) is 3. The molecule has 0 aromatic heterocycles. The SMILES string of the molecule is O=C/C=C/C=C/C(=O)OCCC(F)(F)C(F)(F)C(F)(F)C(F)(F)C(F)(F)C(F)(F)F. The molecule has 0 aromatic rings. The van der Waals surface area contributed by atoms with Gasteiger partial charge in [-0.1, -0.05) is 12.2 Å². The van der Waals surface area contributed by atoms with Crippen molar-refractivity contribution in [2.24, 2.45) is 0 Å². The maximum atomic E-state index is 13.4. The van der Waals surface area contributed by atoms with Crippen LogP contribution in [0.5, 0.6) is 0 Å². The number of alkyl halides is 13. The molecule has 0 spiro atoms. The van der Waals surface area contributed by atoms with Gasteiger partial charge in [-0.2, -0.15) is 57.1 Å². The van der Waals surface area contributed by atoms with Gasteiger partial charge < -0.3 is 4.74 Å². The number of esters is 1. The first kappa shape index (κ1) is 27.7. The number of hydrogen-bond donors (Lipinski definition) is 0. The van der Waals surface area contributed by atoms with Crippen molar-refractivity contribution in [2.75, 3.05) is 6.61 Å². The minimum Gasteiger partial charge on any atom is -0.462 e. The second-order valence-electron chi connectivity index (χ2n) is 5.30. The Morgan fingerprint density at radius 1 is 0.667 bits per heavy atom. The average Bonchev–Trinajstić information content (AvgIpc) is 2.56. The molecule has 16 heteroatoms. The van der Waals surface area contributed by atoms with Crippen LogP contribution >= 0.6 is 0 Å². The third kappa shape index (κ3) is 5.06. The van der Waals surface area contributed by atoms with Crippen molar-refractivity contribution < 1.29 is 71.4 Å². The summed E-state index contributed by atoms with van der Waals surface area (Å²) in [4.78, 5) is 20.9. The van der Waals surface area contributed by atoms with E-state index in [0.717, 1.165) is 18.2 Å². The normalized spacial score (nSPS) is 15.1. The summed E-state index contributed by atoms with van der Waals surface area (Å²) in [5.41, 5.74) is 0. The van der Waals surface area contributed by atoms with Crippen LogP contribution in [0.15, 0.2) is 24.3 Å². The van der Waals surface area contributed by atoms with Crippen molar-refractivity contribution in [1.82, 2.24) is 0 Å². The second-order valence-corrected chi connectivity index (χ2v) is 5.30. The monoisotopic (exact) mass is 472 g/mol. The standard InChI is InChI=1S/C14H9F13O3/c15-9(16,5-7-30-8(29)4-2-1-3-6-28)10(17,18)11(19,20)12(21,22)13(23,24)14(25,26)27/h1-4,6H,5,7H2/b3-1+,4-2+. The highest BCUT2D eigenvalue weighted by molar-refractivity contribution is 5.82. The highest BCUT2D eigenvalue weighted by Crippen LogP contribution is 2.60. The molecule has 3 nitrogen and oxygen atoms in total. The van der Waals surface area contributed by atoms with E-state index in [9.17, 15) is 66.7 Å². The van der Waals surface area contributed by atoms with Gasteiger partial charge in [0.1, 0.15) is 6.29 Å². The molecule has 0 aromatic carbocycles. The summed E-state index contributed by atoms with van der Waals surface area (Å²) in [6.07, 6.45) is -6.98.